The van der Waals surface area contributed by atoms with Gasteiger partial charge in [-0.15, -0.1) is 0 Å². The highest BCUT2D eigenvalue weighted by Crippen LogP contribution is 2.31. The summed E-state index contributed by atoms with van der Waals surface area (Å²) in [4.78, 5) is 33.4. The molecule has 1 aliphatic carbocycles. The number of rotatable bonds is 9. The fourth-order valence-electron chi connectivity index (χ4n) is 5.70. The predicted octanol–water partition coefficient (Wildman–Crippen LogP) is 3.83. The first kappa shape index (κ1) is 28.4. The van der Waals surface area contributed by atoms with Gasteiger partial charge in [0.15, 0.2) is 0 Å². The number of aromatic nitrogens is 4. The predicted molar refractivity (Wildman–Crippen MR) is 158 cm³/mol. The van der Waals surface area contributed by atoms with E-state index in [9.17, 15) is 4.79 Å². The van der Waals surface area contributed by atoms with Crippen LogP contribution in [0.4, 0.5) is 17.6 Å². The fraction of sp³-hybridized carbons (Fsp3) is 0.567. The number of hydrogen-bond acceptors (Lipinski definition) is 12. The number of ether oxygens (including phenoxy) is 4. The first-order valence-corrected chi connectivity index (χ1v) is 15.1. The Hall–Kier alpha value is -3.77. The largest absolute Gasteiger partial charge is 0.474 e. The van der Waals surface area contributed by atoms with Gasteiger partial charge in [-0.25, -0.2) is 9.78 Å². The van der Waals surface area contributed by atoms with E-state index in [4.69, 9.17) is 28.9 Å². The monoisotopic (exact) mass is 577 g/mol. The summed E-state index contributed by atoms with van der Waals surface area (Å²) in [5.74, 6) is 2.09. The maximum Gasteiger partial charge on any atom is 0.343 e. The molecule has 3 aromatic rings. The van der Waals surface area contributed by atoms with Crippen LogP contribution in [0.1, 0.15) is 55.8 Å². The van der Waals surface area contributed by atoms with Crippen LogP contribution in [0.15, 0.2) is 30.6 Å². The van der Waals surface area contributed by atoms with Crippen LogP contribution in [0.25, 0.3) is 10.9 Å². The number of carbonyl (C=O) groups excluding carboxylic acids is 1. The van der Waals surface area contributed by atoms with Crippen molar-refractivity contribution in [3.63, 3.8) is 0 Å². The summed E-state index contributed by atoms with van der Waals surface area (Å²) in [5, 5.41) is 7.84. The third-order valence-corrected chi connectivity index (χ3v) is 8.02. The van der Waals surface area contributed by atoms with Crippen molar-refractivity contribution in [1.29, 1.82) is 0 Å². The zero-order chi connectivity index (χ0) is 28.7. The first-order chi connectivity index (χ1) is 20.7. The van der Waals surface area contributed by atoms with E-state index in [1.165, 1.54) is 0 Å². The highest BCUT2D eigenvalue weighted by molar-refractivity contribution is 5.94. The van der Waals surface area contributed by atoms with Gasteiger partial charge in [0.2, 0.25) is 11.8 Å². The van der Waals surface area contributed by atoms with E-state index in [-0.39, 0.29) is 18.2 Å². The van der Waals surface area contributed by atoms with E-state index in [0.29, 0.717) is 56.2 Å². The maximum absolute atomic E-state index is 12.6. The van der Waals surface area contributed by atoms with Gasteiger partial charge >= 0.3 is 5.97 Å². The molecule has 2 saturated heterocycles. The summed E-state index contributed by atoms with van der Waals surface area (Å²) in [6, 6.07) is 6.35. The summed E-state index contributed by atoms with van der Waals surface area (Å²) >= 11 is 0. The van der Waals surface area contributed by atoms with Crippen molar-refractivity contribution < 1.29 is 23.7 Å². The van der Waals surface area contributed by atoms with Gasteiger partial charge in [0, 0.05) is 56.8 Å². The number of nitrogens with zero attached hydrogens (tertiary/aromatic N) is 5. The quantitative estimate of drug-likeness (QED) is 0.358. The van der Waals surface area contributed by atoms with Crippen molar-refractivity contribution in [3.05, 3.63) is 36.2 Å². The van der Waals surface area contributed by atoms with Crippen molar-refractivity contribution in [2.24, 2.45) is 0 Å². The zero-order valence-corrected chi connectivity index (χ0v) is 24.1. The number of nitrogens with one attached hydrogen (secondary N) is 2. The van der Waals surface area contributed by atoms with Gasteiger partial charge < -0.3 is 34.5 Å². The van der Waals surface area contributed by atoms with E-state index in [2.05, 4.69) is 25.5 Å². The molecule has 12 nitrogen and oxygen atoms in total. The number of morpholine rings is 1. The highest BCUT2D eigenvalue weighted by Gasteiger charge is 2.26. The van der Waals surface area contributed by atoms with Gasteiger partial charge in [0.05, 0.1) is 30.7 Å². The van der Waals surface area contributed by atoms with Crippen LogP contribution in [0, 0.1) is 0 Å². The minimum Gasteiger partial charge on any atom is -0.474 e. The molecule has 224 valence electrons. The molecule has 1 saturated carbocycles. The molecule has 0 amide bonds. The third kappa shape index (κ3) is 6.81. The Morgan fingerprint density at radius 2 is 1.74 bits per heavy atom. The lowest BCUT2D eigenvalue weighted by Gasteiger charge is -2.31. The second kappa shape index (κ2) is 13.5. The van der Waals surface area contributed by atoms with Gasteiger partial charge in [0.1, 0.15) is 23.3 Å². The smallest absolute Gasteiger partial charge is 0.343 e. The zero-order valence-electron chi connectivity index (χ0n) is 24.1. The Bertz CT molecular complexity index is 1360. The Morgan fingerprint density at radius 1 is 0.976 bits per heavy atom. The van der Waals surface area contributed by atoms with E-state index in [0.717, 1.165) is 68.3 Å². The molecule has 12 heteroatoms. The van der Waals surface area contributed by atoms with Crippen molar-refractivity contribution in [2.45, 2.75) is 63.6 Å². The van der Waals surface area contributed by atoms with Gasteiger partial charge in [-0.1, -0.05) is 0 Å². The molecule has 5 heterocycles. The molecule has 0 atom stereocenters. The van der Waals surface area contributed by atoms with Crippen molar-refractivity contribution in [1.82, 2.24) is 19.9 Å². The van der Waals surface area contributed by atoms with Gasteiger partial charge in [-0.3, -0.25) is 4.98 Å². The lowest BCUT2D eigenvalue weighted by molar-refractivity contribution is 0.0526. The van der Waals surface area contributed by atoms with Crippen LogP contribution < -0.4 is 20.3 Å². The standard InChI is InChI=1S/C30H39N7O5/c1-2-41-29(38)24-19-32-30(36-27(24)33-21-9-14-39-15-10-21)34-20-5-7-22(8-6-20)42-28-23-4-3-11-31-25(23)18-26(35-28)37-12-16-40-17-13-37/h3-4,11,18-22H,2,5-10,12-17H2,1H3,(H2,32,33,34,36)/t20-,22+. The van der Waals surface area contributed by atoms with E-state index in [1.54, 1.807) is 19.3 Å². The molecule has 42 heavy (non-hydrogen) atoms. The van der Waals surface area contributed by atoms with Crippen molar-refractivity contribution >= 4 is 34.5 Å². The molecule has 6 rings (SSSR count). The molecule has 3 aromatic heterocycles. The third-order valence-electron chi connectivity index (χ3n) is 8.02. The summed E-state index contributed by atoms with van der Waals surface area (Å²) in [5.41, 5.74) is 1.23. The Balaban J connectivity index is 1.10. The number of pyridine rings is 2. The summed E-state index contributed by atoms with van der Waals surface area (Å²) in [6.07, 6.45) is 8.66. The van der Waals surface area contributed by atoms with Crippen LogP contribution >= 0.6 is 0 Å². The lowest BCUT2D eigenvalue weighted by Crippen LogP contribution is -2.37. The minimum absolute atomic E-state index is 0.0525. The average molecular weight is 578 g/mol. The van der Waals surface area contributed by atoms with E-state index in [1.807, 2.05) is 18.2 Å². The Kier molecular flexibility index (Phi) is 9.09. The van der Waals surface area contributed by atoms with E-state index >= 15 is 0 Å². The number of anilines is 3. The molecule has 3 aliphatic rings. The first-order valence-electron chi connectivity index (χ1n) is 15.1. The number of esters is 1. The summed E-state index contributed by atoms with van der Waals surface area (Å²) < 4.78 is 22.8. The van der Waals surface area contributed by atoms with Crippen molar-refractivity contribution in [2.75, 3.05) is 61.7 Å². The molecule has 0 spiro atoms. The molecule has 0 bridgehead atoms. The van der Waals surface area contributed by atoms with Gasteiger partial charge in [-0.05, 0) is 57.6 Å². The van der Waals surface area contributed by atoms with Crippen LogP contribution in [-0.4, -0.2) is 90.2 Å². The summed E-state index contributed by atoms with van der Waals surface area (Å²) in [6.45, 7) is 6.44. The van der Waals surface area contributed by atoms with Crippen LogP contribution in [0.5, 0.6) is 5.88 Å². The van der Waals surface area contributed by atoms with Crippen LogP contribution in [0.3, 0.4) is 0 Å². The molecule has 0 aromatic carbocycles. The maximum atomic E-state index is 12.6. The van der Waals surface area contributed by atoms with Gasteiger partial charge in [0.25, 0.3) is 0 Å². The molecule has 0 radical (unpaired) electrons. The minimum atomic E-state index is -0.426. The molecular weight excluding hydrogens is 538 g/mol. The Labute approximate surface area is 245 Å². The normalized spacial score (nSPS) is 21.6. The average Bonchev–Trinajstić information content (AvgIpc) is 3.03. The summed E-state index contributed by atoms with van der Waals surface area (Å²) in [7, 11) is 0. The lowest BCUT2D eigenvalue weighted by atomic mass is 9.93. The molecule has 2 aliphatic heterocycles. The second-order valence-corrected chi connectivity index (χ2v) is 10.9. The van der Waals surface area contributed by atoms with Gasteiger partial charge in [-0.2, -0.15) is 9.97 Å². The van der Waals surface area contributed by atoms with Crippen LogP contribution in [-0.2, 0) is 14.2 Å². The molecule has 3 fully saturated rings. The number of carbonyl (C=O) groups is 1. The fourth-order valence-corrected chi connectivity index (χ4v) is 5.70. The SMILES string of the molecule is CCOC(=O)c1cnc(N[C@H]2CC[C@@H](Oc3nc(N4CCOCC4)cc4ncccc34)CC2)nc1NC1CCOCC1. The highest BCUT2D eigenvalue weighted by atomic mass is 16.5. The molecule has 2 N–H and O–H groups in total. The second-order valence-electron chi connectivity index (χ2n) is 10.9. The molecular formula is C30H39N7O5. The molecule has 0 unspecified atom stereocenters. The van der Waals surface area contributed by atoms with Crippen molar-refractivity contribution in [3.8, 4) is 5.88 Å². The van der Waals surface area contributed by atoms with Crippen LogP contribution in [0.2, 0.25) is 0 Å². The number of fused-ring (bicyclic) bond motifs is 1. The number of hydrogen-bond donors (Lipinski definition) is 2. The topological polar surface area (TPSA) is 133 Å². The Morgan fingerprint density at radius 3 is 2.52 bits per heavy atom. The van der Waals surface area contributed by atoms with E-state index < -0.39 is 5.97 Å².